The number of alkyl halides is 2. The first-order chi connectivity index (χ1) is 25.9. The fourth-order valence-corrected chi connectivity index (χ4v) is 10.2. The summed E-state index contributed by atoms with van der Waals surface area (Å²) in [4.78, 5) is 39.2. The van der Waals surface area contributed by atoms with E-state index >= 15 is 8.78 Å². The van der Waals surface area contributed by atoms with Crippen LogP contribution < -0.4 is 15.8 Å². The zero-order chi connectivity index (χ0) is 37.3. The standard InChI is InChI=1S/C39H30F4N6O4S/c1-17-11-20-12-26(54-31(20)34(44-17)46-32-22-8-9-24(41)30(52-2)23(22)15-39(32,42)43)28-27(35-47-48-37(51)53-35)25(10-5-18-3-6-21(40)7-4-18)45-33-29(28)36(50)49-16-19-13-38(33,49)14-19/h3-4,6-9,11-12,19,32H,5,10,13-16H2,1-2H3,(H,44,46)(H,48,51)/t19?,32-,38?/m0/s1. The number of aryl methyl sites for hydroxylation is 3. The van der Waals surface area contributed by atoms with Gasteiger partial charge < -0.3 is 19.4 Å². The van der Waals surface area contributed by atoms with Gasteiger partial charge in [0.2, 0.25) is 0 Å². The minimum absolute atomic E-state index is 0.0447. The van der Waals surface area contributed by atoms with E-state index in [0.29, 0.717) is 74.0 Å². The number of methoxy groups -OCH3 is 1. The monoisotopic (exact) mass is 754 g/mol. The Bertz CT molecular complexity index is 2630. The van der Waals surface area contributed by atoms with Crippen LogP contribution in [-0.2, 0) is 24.8 Å². The number of aromatic amines is 1. The predicted octanol–water partition coefficient (Wildman–Crippen LogP) is 7.50. The number of thiophene rings is 1. The molecule has 1 saturated carbocycles. The number of benzene rings is 2. The van der Waals surface area contributed by atoms with Gasteiger partial charge in [0.15, 0.2) is 11.6 Å². The topological polar surface area (TPSA) is 126 Å². The van der Waals surface area contributed by atoms with E-state index in [1.165, 1.54) is 36.6 Å². The Morgan fingerprint density at radius 3 is 2.57 bits per heavy atom. The fraction of sp³-hybridized carbons (Fsp3) is 0.308. The highest BCUT2D eigenvalue weighted by Crippen LogP contribution is 2.63. The van der Waals surface area contributed by atoms with Crippen LogP contribution in [0.1, 0.15) is 63.0 Å². The summed E-state index contributed by atoms with van der Waals surface area (Å²) in [5.41, 5.74) is 3.66. The summed E-state index contributed by atoms with van der Waals surface area (Å²) < 4.78 is 71.2. The quantitative estimate of drug-likeness (QED) is 0.153. The number of fused-ring (bicyclic) bond motifs is 3. The van der Waals surface area contributed by atoms with Crippen molar-refractivity contribution in [2.75, 3.05) is 19.0 Å². The predicted molar refractivity (Wildman–Crippen MR) is 191 cm³/mol. The summed E-state index contributed by atoms with van der Waals surface area (Å²) >= 11 is 1.26. The molecule has 5 aliphatic rings. The lowest BCUT2D eigenvalue weighted by Crippen LogP contribution is -2.40. The second-order valence-electron chi connectivity index (χ2n) is 14.6. The summed E-state index contributed by atoms with van der Waals surface area (Å²) in [6.45, 7) is 2.37. The van der Waals surface area contributed by atoms with E-state index < -0.39 is 35.5 Å². The largest absolute Gasteiger partial charge is 0.493 e. The highest BCUT2D eigenvalue weighted by Gasteiger charge is 2.65. The van der Waals surface area contributed by atoms with Crippen molar-refractivity contribution in [3.8, 4) is 27.6 Å². The Morgan fingerprint density at radius 1 is 1.04 bits per heavy atom. The number of halogens is 4. The molecule has 1 spiro atoms. The molecule has 54 heavy (non-hydrogen) atoms. The number of carbonyl (C=O) groups excluding carboxylic acids is 1. The van der Waals surface area contributed by atoms with Crippen molar-refractivity contribution in [1.29, 1.82) is 0 Å². The number of aromatic nitrogens is 4. The molecule has 2 bridgehead atoms. The third-order valence-electron chi connectivity index (χ3n) is 11.4. The average Bonchev–Trinajstić information content (AvgIpc) is 3.96. The van der Waals surface area contributed by atoms with E-state index in [4.69, 9.17) is 14.1 Å². The molecule has 274 valence electrons. The molecule has 2 aromatic carbocycles. The minimum Gasteiger partial charge on any atom is -0.493 e. The van der Waals surface area contributed by atoms with Gasteiger partial charge in [0.1, 0.15) is 17.7 Å². The van der Waals surface area contributed by atoms with Crippen LogP contribution in [0.15, 0.2) is 57.7 Å². The number of H-pyrrole nitrogens is 1. The van der Waals surface area contributed by atoms with Gasteiger partial charge in [-0.2, -0.15) is 0 Å². The molecule has 15 heteroatoms. The summed E-state index contributed by atoms with van der Waals surface area (Å²) in [7, 11) is 1.25. The van der Waals surface area contributed by atoms with Crippen LogP contribution >= 0.6 is 11.3 Å². The molecule has 11 rings (SSSR count). The number of nitrogens with one attached hydrogen (secondary N) is 2. The lowest BCUT2D eigenvalue weighted by atomic mass is 9.71. The second kappa shape index (κ2) is 11.5. The smallest absolute Gasteiger partial charge is 0.434 e. The zero-order valence-corrected chi connectivity index (χ0v) is 29.7. The molecule has 3 fully saturated rings. The first kappa shape index (κ1) is 33.0. The molecule has 2 aliphatic carbocycles. The number of carbonyl (C=O) groups is 1. The molecule has 0 unspecified atom stereocenters. The number of pyridine rings is 2. The SMILES string of the molecule is COc1c(F)ccc2c1CC(F)(F)[C@H]2Nc1nc(C)cc2cc(-c3c4c(nc(CCc5ccc(F)cc5)c3-c3n[nH]c(=O)o3)C35CC(CN3C4=O)C5)sc12. The first-order valence-electron chi connectivity index (χ1n) is 17.5. The van der Waals surface area contributed by atoms with Crippen molar-refractivity contribution in [3.05, 3.63) is 110 Å². The number of hydrogen-bond donors (Lipinski definition) is 2. The molecule has 2 saturated heterocycles. The van der Waals surface area contributed by atoms with Crippen LogP contribution in [0, 0.1) is 24.5 Å². The summed E-state index contributed by atoms with van der Waals surface area (Å²) in [6.07, 6.45) is 1.69. The van der Waals surface area contributed by atoms with Crippen LogP contribution in [-0.4, -0.2) is 50.5 Å². The highest BCUT2D eigenvalue weighted by atomic mass is 32.1. The fourth-order valence-electron chi connectivity index (χ4n) is 9.08. The van der Waals surface area contributed by atoms with Gasteiger partial charge in [-0.15, -0.1) is 16.4 Å². The average molecular weight is 755 g/mol. The number of hydrogen-bond acceptors (Lipinski definition) is 9. The Morgan fingerprint density at radius 2 is 1.83 bits per heavy atom. The number of nitrogens with zero attached hydrogens (tertiary/aromatic N) is 4. The van der Waals surface area contributed by atoms with Gasteiger partial charge >= 0.3 is 5.76 Å². The highest BCUT2D eigenvalue weighted by molar-refractivity contribution is 7.23. The molecule has 6 aromatic rings. The van der Waals surface area contributed by atoms with Gasteiger partial charge in [-0.3, -0.25) is 9.78 Å². The Kier molecular flexibility index (Phi) is 7.01. The van der Waals surface area contributed by atoms with Gasteiger partial charge in [0, 0.05) is 34.7 Å². The maximum atomic E-state index is 15.8. The van der Waals surface area contributed by atoms with Crippen molar-refractivity contribution < 1.29 is 31.5 Å². The Balaban J connectivity index is 1.16. The number of ether oxygens (including phenoxy) is 1. The van der Waals surface area contributed by atoms with Gasteiger partial charge in [0.05, 0.1) is 39.9 Å². The molecule has 7 heterocycles. The summed E-state index contributed by atoms with van der Waals surface area (Å²) in [5.74, 6) is -5.00. The first-order valence-corrected chi connectivity index (χ1v) is 18.4. The Hall–Kier alpha value is -5.57. The van der Waals surface area contributed by atoms with Gasteiger partial charge in [-0.1, -0.05) is 18.2 Å². The van der Waals surface area contributed by atoms with Crippen molar-refractivity contribution in [1.82, 2.24) is 25.1 Å². The summed E-state index contributed by atoms with van der Waals surface area (Å²) in [5, 5.41) is 10.2. The zero-order valence-electron chi connectivity index (χ0n) is 28.9. The third kappa shape index (κ3) is 4.72. The maximum absolute atomic E-state index is 15.8. The number of amides is 1. The molecule has 1 amide bonds. The molecular formula is C39H30F4N6O4S. The van der Waals surface area contributed by atoms with Crippen molar-refractivity contribution >= 4 is 33.1 Å². The molecule has 0 radical (unpaired) electrons. The van der Waals surface area contributed by atoms with E-state index in [-0.39, 0.29) is 40.3 Å². The van der Waals surface area contributed by atoms with Crippen LogP contribution in [0.3, 0.4) is 0 Å². The van der Waals surface area contributed by atoms with E-state index in [2.05, 4.69) is 20.5 Å². The molecular weight excluding hydrogens is 725 g/mol. The third-order valence-corrected chi connectivity index (χ3v) is 12.5. The Labute approximate surface area is 308 Å². The minimum atomic E-state index is -3.30. The van der Waals surface area contributed by atoms with E-state index in [0.717, 1.165) is 24.5 Å². The van der Waals surface area contributed by atoms with Gasteiger partial charge in [-0.05, 0) is 85.4 Å². The molecule has 10 nitrogen and oxygen atoms in total. The van der Waals surface area contributed by atoms with Crippen LogP contribution in [0.25, 0.3) is 32.0 Å². The molecule has 2 N–H and O–H groups in total. The van der Waals surface area contributed by atoms with Crippen LogP contribution in [0.5, 0.6) is 5.75 Å². The maximum Gasteiger partial charge on any atom is 0.434 e. The molecule has 1 atom stereocenters. The van der Waals surface area contributed by atoms with Crippen molar-refractivity contribution in [2.24, 2.45) is 5.92 Å². The molecule has 3 aliphatic heterocycles. The van der Waals surface area contributed by atoms with Crippen molar-refractivity contribution in [2.45, 2.75) is 56.5 Å². The molecule has 4 aromatic heterocycles. The van der Waals surface area contributed by atoms with Crippen LogP contribution in [0.4, 0.5) is 23.4 Å². The van der Waals surface area contributed by atoms with E-state index in [1.807, 2.05) is 17.0 Å². The van der Waals surface area contributed by atoms with E-state index in [1.54, 1.807) is 19.1 Å². The van der Waals surface area contributed by atoms with Gasteiger partial charge in [0.25, 0.3) is 17.7 Å². The lowest BCUT2D eigenvalue weighted by molar-refractivity contribution is -0.00736. The second-order valence-corrected chi connectivity index (χ2v) is 15.7. The van der Waals surface area contributed by atoms with Crippen LogP contribution in [0.2, 0.25) is 0 Å². The summed E-state index contributed by atoms with van der Waals surface area (Å²) in [6, 6.07) is 10.8. The number of anilines is 1. The number of rotatable bonds is 8. The van der Waals surface area contributed by atoms with E-state index in [9.17, 15) is 18.4 Å². The van der Waals surface area contributed by atoms with Gasteiger partial charge in [-0.25, -0.2) is 32.4 Å². The van der Waals surface area contributed by atoms with Crippen molar-refractivity contribution in [3.63, 3.8) is 0 Å². The lowest BCUT2D eigenvalue weighted by Gasteiger charge is -2.37. The normalized spacial score (nSPS) is 21.7.